The zero-order chi connectivity index (χ0) is 23.7. The van der Waals surface area contributed by atoms with Gasteiger partial charge in [0.2, 0.25) is 15.9 Å². The maximum Gasteiger partial charge on any atom is 0.243 e. The van der Waals surface area contributed by atoms with Crippen molar-refractivity contribution in [2.75, 3.05) is 32.1 Å². The maximum absolute atomic E-state index is 13.3. The van der Waals surface area contributed by atoms with Crippen LogP contribution in [0.3, 0.4) is 0 Å². The molecule has 0 spiro atoms. The van der Waals surface area contributed by atoms with Gasteiger partial charge in [-0.15, -0.1) is 0 Å². The van der Waals surface area contributed by atoms with Crippen LogP contribution >= 0.6 is 0 Å². The predicted octanol–water partition coefficient (Wildman–Crippen LogP) is 3.97. The normalized spacial score (nSPS) is 11.2. The van der Waals surface area contributed by atoms with Crippen LogP contribution in [-0.4, -0.2) is 45.4 Å². The Labute approximate surface area is 195 Å². The number of ether oxygens (including phenoxy) is 2. The van der Waals surface area contributed by atoms with Crippen molar-refractivity contribution in [3.63, 3.8) is 0 Å². The summed E-state index contributed by atoms with van der Waals surface area (Å²) in [7, 11) is -2.39. The van der Waals surface area contributed by atoms with Gasteiger partial charge < -0.3 is 14.8 Å². The molecule has 33 heavy (non-hydrogen) atoms. The second kappa shape index (κ2) is 11.5. The molecule has 7 nitrogen and oxygen atoms in total. The summed E-state index contributed by atoms with van der Waals surface area (Å²) in [6.07, 6.45) is 0.479. The number of sulfonamides is 1. The SMILES string of the molecule is CCOc1ccc(NC(=O)CN(CCc2ccccc2)S(=O)(=O)c2ccc(OC)cc2)cc1. The molecular formula is C25H28N2O5S. The fraction of sp³-hybridized carbons (Fsp3) is 0.240. The first-order valence-electron chi connectivity index (χ1n) is 10.6. The van der Waals surface area contributed by atoms with Crippen LogP contribution in [0.5, 0.6) is 11.5 Å². The Kier molecular flexibility index (Phi) is 8.46. The maximum atomic E-state index is 13.3. The van der Waals surface area contributed by atoms with Gasteiger partial charge in [-0.1, -0.05) is 30.3 Å². The Balaban J connectivity index is 1.77. The minimum atomic E-state index is -3.90. The Morgan fingerprint density at radius 1 is 0.909 bits per heavy atom. The van der Waals surface area contributed by atoms with Gasteiger partial charge in [0.1, 0.15) is 11.5 Å². The summed E-state index contributed by atoms with van der Waals surface area (Å²) in [6.45, 7) is 2.29. The second-order valence-corrected chi connectivity index (χ2v) is 9.19. The molecule has 1 N–H and O–H groups in total. The first-order valence-corrected chi connectivity index (χ1v) is 12.1. The van der Waals surface area contributed by atoms with Gasteiger partial charge in [-0.25, -0.2) is 8.42 Å². The summed E-state index contributed by atoms with van der Waals surface area (Å²) < 4.78 is 38.4. The molecular weight excluding hydrogens is 440 g/mol. The number of rotatable bonds is 11. The summed E-state index contributed by atoms with van der Waals surface area (Å²) in [5.41, 5.74) is 1.55. The quantitative estimate of drug-likeness (QED) is 0.460. The van der Waals surface area contributed by atoms with Crippen molar-refractivity contribution in [2.45, 2.75) is 18.2 Å². The number of amides is 1. The minimum absolute atomic E-state index is 0.102. The molecule has 0 aliphatic carbocycles. The number of nitrogens with one attached hydrogen (secondary N) is 1. The van der Waals surface area contributed by atoms with Crippen molar-refractivity contribution >= 4 is 21.6 Å². The number of methoxy groups -OCH3 is 1. The van der Waals surface area contributed by atoms with E-state index in [0.29, 0.717) is 30.2 Å². The monoisotopic (exact) mass is 468 g/mol. The molecule has 0 aromatic heterocycles. The lowest BCUT2D eigenvalue weighted by Crippen LogP contribution is -2.39. The third-order valence-corrected chi connectivity index (χ3v) is 6.82. The second-order valence-electron chi connectivity index (χ2n) is 7.26. The van der Waals surface area contributed by atoms with E-state index in [0.717, 1.165) is 5.56 Å². The molecule has 0 heterocycles. The number of benzene rings is 3. The molecule has 0 radical (unpaired) electrons. The highest BCUT2D eigenvalue weighted by atomic mass is 32.2. The highest BCUT2D eigenvalue weighted by Crippen LogP contribution is 2.21. The molecule has 0 saturated carbocycles. The van der Waals surface area contributed by atoms with Crippen molar-refractivity contribution < 1.29 is 22.7 Å². The van der Waals surface area contributed by atoms with Crippen molar-refractivity contribution in [1.82, 2.24) is 4.31 Å². The number of nitrogens with zero attached hydrogens (tertiary/aromatic N) is 1. The van der Waals surface area contributed by atoms with Crippen LogP contribution in [0.4, 0.5) is 5.69 Å². The molecule has 3 aromatic rings. The lowest BCUT2D eigenvalue weighted by atomic mass is 10.1. The van der Waals surface area contributed by atoms with Crippen LogP contribution in [0.15, 0.2) is 83.8 Å². The highest BCUT2D eigenvalue weighted by Gasteiger charge is 2.26. The van der Waals surface area contributed by atoms with E-state index in [-0.39, 0.29) is 18.0 Å². The minimum Gasteiger partial charge on any atom is -0.497 e. The number of hydrogen-bond donors (Lipinski definition) is 1. The van der Waals surface area contributed by atoms with Crippen LogP contribution in [0, 0.1) is 0 Å². The molecule has 0 aliphatic heterocycles. The van der Waals surface area contributed by atoms with E-state index >= 15 is 0 Å². The van der Waals surface area contributed by atoms with Gasteiger partial charge in [0.05, 0.1) is 25.2 Å². The van der Waals surface area contributed by atoms with Crippen molar-refractivity contribution in [1.29, 1.82) is 0 Å². The zero-order valence-corrected chi connectivity index (χ0v) is 19.5. The number of carbonyl (C=O) groups excluding carboxylic acids is 1. The van der Waals surface area contributed by atoms with Crippen molar-refractivity contribution in [3.05, 3.63) is 84.4 Å². The first-order chi connectivity index (χ1) is 15.9. The zero-order valence-electron chi connectivity index (χ0n) is 18.7. The lowest BCUT2D eigenvalue weighted by Gasteiger charge is -2.22. The van der Waals surface area contributed by atoms with Gasteiger partial charge in [0.15, 0.2) is 0 Å². The smallest absolute Gasteiger partial charge is 0.243 e. The van der Waals surface area contributed by atoms with E-state index in [9.17, 15) is 13.2 Å². The molecule has 8 heteroatoms. The summed E-state index contributed by atoms with van der Waals surface area (Å²) in [4.78, 5) is 12.9. The molecule has 0 saturated heterocycles. The van der Waals surface area contributed by atoms with E-state index in [1.54, 1.807) is 36.4 Å². The number of anilines is 1. The van der Waals surface area contributed by atoms with Crippen LogP contribution < -0.4 is 14.8 Å². The molecule has 3 rings (SSSR count). The average Bonchev–Trinajstić information content (AvgIpc) is 2.83. The van der Waals surface area contributed by atoms with Crippen molar-refractivity contribution in [3.8, 4) is 11.5 Å². The van der Waals surface area contributed by atoms with Gasteiger partial charge in [-0.05, 0) is 67.4 Å². The highest BCUT2D eigenvalue weighted by molar-refractivity contribution is 7.89. The van der Waals surface area contributed by atoms with E-state index in [2.05, 4.69) is 5.32 Å². The third kappa shape index (κ3) is 6.81. The van der Waals surface area contributed by atoms with Gasteiger partial charge in [-0.2, -0.15) is 4.31 Å². The molecule has 1 amide bonds. The fourth-order valence-electron chi connectivity index (χ4n) is 3.24. The van der Waals surface area contributed by atoms with E-state index in [1.807, 2.05) is 37.3 Å². The van der Waals surface area contributed by atoms with Gasteiger partial charge >= 0.3 is 0 Å². The van der Waals surface area contributed by atoms with Gasteiger partial charge in [0, 0.05) is 12.2 Å². The molecule has 174 valence electrons. The molecule has 0 atom stereocenters. The summed E-state index contributed by atoms with van der Waals surface area (Å²) in [5, 5.41) is 2.76. The number of carbonyl (C=O) groups is 1. The summed E-state index contributed by atoms with van der Waals surface area (Å²) in [6, 6.07) is 22.6. The van der Waals surface area contributed by atoms with Crippen LogP contribution in [0.1, 0.15) is 12.5 Å². The number of hydrogen-bond acceptors (Lipinski definition) is 5. The Hall–Kier alpha value is -3.36. The van der Waals surface area contributed by atoms with Crippen LogP contribution in [-0.2, 0) is 21.2 Å². The lowest BCUT2D eigenvalue weighted by molar-refractivity contribution is -0.116. The molecule has 0 unspecified atom stereocenters. The molecule has 0 aliphatic rings. The van der Waals surface area contributed by atoms with Crippen LogP contribution in [0.2, 0.25) is 0 Å². The molecule has 0 bridgehead atoms. The van der Waals surface area contributed by atoms with Gasteiger partial charge in [-0.3, -0.25) is 4.79 Å². The third-order valence-electron chi connectivity index (χ3n) is 4.96. The first kappa shape index (κ1) is 24.3. The predicted molar refractivity (Wildman–Crippen MR) is 128 cm³/mol. The molecule has 3 aromatic carbocycles. The van der Waals surface area contributed by atoms with Gasteiger partial charge in [0.25, 0.3) is 0 Å². The standard InChI is InChI=1S/C25H28N2O5S/c1-3-32-23-11-9-21(10-12-23)26-25(28)19-27(18-17-20-7-5-4-6-8-20)33(29,30)24-15-13-22(31-2)14-16-24/h4-16H,3,17-19H2,1-2H3,(H,26,28). The summed E-state index contributed by atoms with van der Waals surface area (Å²) in [5.74, 6) is 0.824. The Morgan fingerprint density at radius 3 is 2.15 bits per heavy atom. The van der Waals surface area contributed by atoms with E-state index in [1.165, 1.54) is 23.5 Å². The Morgan fingerprint density at radius 2 is 1.55 bits per heavy atom. The van der Waals surface area contributed by atoms with E-state index in [4.69, 9.17) is 9.47 Å². The summed E-state index contributed by atoms with van der Waals surface area (Å²) >= 11 is 0. The van der Waals surface area contributed by atoms with E-state index < -0.39 is 15.9 Å². The van der Waals surface area contributed by atoms with Crippen LogP contribution in [0.25, 0.3) is 0 Å². The van der Waals surface area contributed by atoms with Crippen molar-refractivity contribution in [2.24, 2.45) is 0 Å². The average molecular weight is 469 g/mol. The molecule has 0 fully saturated rings. The Bertz CT molecular complexity index is 1130. The largest absolute Gasteiger partial charge is 0.497 e. The fourth-order valence-corrected chi connectivity index (χ4v) is 4.64. The topological polar surface area (TPSA) is 84.9 Å².